The van der Waals surface area contributed by atoms with Crippen molar-refractivity contribution in [1.82, 2.24) is 0 Å². The standard InChI is InChI=1S/C23H42O3/c1-4-6-8-10-12-13-14-16-18-22(19-20-23(24)25-3)26-21-17-15-11-9-7-5-2/h22H,4-15,17,19-21H2,1-3H3/t22-/m0/s1. The van der Waals surface area contributed by atoms with Crippen molar-refractivity contribution in [1.29, 1.82) is 0 Å². The van der Waals surface area contributed by atoms with Gasteiger partial charge in [-0.15, -0.1) is 5.92 Å². The summed E-state index contributed by atoms with van der Waals surface area (Å²) in [4.78, 5) is 11.4. The van der Waals surface area contributed by atoms with Crippen LogP contribution in [0.15, 0.2) is 0 Å². The van der Waals surface area contributed by atoms with Crippen LogP contribution < -0.4 is 0 Å². The Kier molecular flexibility index (Phi) is 19.5. The van der Waals surface area contributed by atoms with Crippen molar-refractivity contribution in [3.05, 3.63) is 0 Å². The third kappa shape index (κ3) is 17.8. The van der Waals surface area contributed by atoms with Crippen molar-refractivity contribution in [2.24, 2.45) is 0 Å². The maximum atomic E-state index is 11.4. The zero-order valence-corrected chi connectivity index (χ0v) is 17.6. The number of rotatable bonds is 17. The van der Waals surface area contributed by atoms with E-state index in [1.165, 1.54) is 71.3 Å². The molecule has 0 aromatic heterocycles. The molecule has 0 aliphatic heterocycles. The first-order chi connectivity index (χ1) is 12.7. The fraction of sp³-hybridized carbons (Fsp3) is 0.870. The van der Waals surface area contributed by atoms with E-state index < -0.39 is 0 Å². The molecule has 1 atom stereocenters. The van der Waals surface area contributed by atoms with Gasteiger partial charge in [0.1, 0.15) is 6.10 Å². The van der Waals surface area contributed by atoms with Gasteiger partial charge in [-0.25, -0.2) is 0 Å². The Morgan fingerprint density at radius 3 is 2.04 bits per heavy atom. The zero-order valence-electron chi connectivity index (χ0n) is 17.6. The van der Waals surface area contributed by atoms with Gasteiger partial charge in [0, 0.05) is 19.4 Å². The number of hydrogen-bond donors (Lipinski definition) is 0. The molecule has 0 radical (unpaired) electrons. The van der Waals surface area contributed by atoms with Crippen LogP contribution >= 0.6 is 0 Å². The third-order valence-corrected chi connectivity index (χ3v) is 4.57. The van der Waals surface area contributed by atoms with Crippen LogP contribution in [0.5, 0.6) is 0 Å². The fourth-order valence-electron chi connectivity index (χ4n) is 2.84. The predicted octanol–water partition coefficient (Wildman–Crippen LogP) is 6.44. The maximum absolute atomic E-state index is 11.4. The lowest BCUT2D eigenvalue weighted by Crippen LogP contribution is -2.14. The van der Waals surface area contributed by atoms with Crippen molar-refractivity contribution >= 4 is 5.97 Å². The van der Waals surface area contributed by atoms with Gasteiger partial charge in [-0.2, -0.15) is 0 Å². The number of hydrogen-bond acceptors (Lipinski definition) is 3. The van der Waals surface area contributed by atoms with Gasteiger partial charge in [0.2, 0.25) is 0 Å². The number of carbonyl (C=O) groups is 1. The molecule has 0 rings (SSSR count). The van der Waals surface area contributed by atoms with E-state index in [0.717, 1.165) is 25.9 Å². The Hall–Kier alpha value is -1.01. The molecule has 3 nitrogen and oxygen atoms in total. The van der Waals surface area contributed by atoms with E-state index in [1.54, 1.807) is 0 Å². The molecule has 3 heteroatoms. The second-order valence-corrected chi connectivity index (χ2v) is 7.08. The van der Waals surface area contributed by atoms with Crippen LogP contribution in [0.4, 0.5) is 0 Å². The van der Waals surface area contributed by atoms with Crippen LogP contribution in [0.2, 0.25) is 0 Å². The first-order valence-corrected chi connectivity index (χ1v) is 10.9. The van der Waals surface area contributed by atoms with Crippen LogP contribution in [0, 0.1) is 11.8 Å². The lowest BCUT2D eigenvalue weighted by molar-refractivity contribution is -0.141. The van der Waals surface area contributed by atoms with E-state index in [0.29, 0.717) is 12.8 Å². The van der Waals surface area contributed by atoms with E-state index in [1.807, 2.05) is 0 Å². The summed E-state index contributed by atoms with van der Waals surface area (Å²) in [5.41, 5.74) is 0. The number of carbonyl (C=O) groups excluding carboxylic acids is 1. The predicted molar refractivity (Wildman–Crippen MR) is 110 cm³/mol. The van der Waals surface area contributed by atoms with E-state index in [9.17, 15) is 4.79 Å². The van der Waals surface area contributed by atoms with E-state index in [4.69, 9.17) is 9.47 Å². The van der Waals surface area contributed by atoms with Gasteiger partial charge in [0.25, 0.3) is 0 Å². The summed E-state index contributed by atoms with van der Waals surface area (Å²) in [6, 6.07) is 0. The topological polar surface area (TPSA) is 35.5 Å². The second-order valence-electron chi connectivity index (χ2n) is 7.08. The number of methoxy groups -OCH3 is 1. The van der Waals surface area contributed by atoms with Crippen molar-refractivity contribution < 1.29 is 14.3 Å². The molecule has 0 unspecified atom stereocenters. The van der Waals surface area contributed by atoms with Crippen LogP contribution in [0.1, 0.15) is 110 Å². The lowest BCUT2D eigenvalue weighted by atomic mass is 10.1. The minimum absolute atomic E-state index is 0.134. The molecule has 26 heavy (non-hydrogen) atoms. The Bertz CT molecular complexity index is 367. The molecule has 0 aromatic carbocycles. The normalized spacial score (nSPS) is 11.7. The summed E-state index contributed by atoms with van der Waals surface area (Å²) in [5.74, 6) is 6.31. The molecule has 0 amide bonds. The Labute approximate surface area is 162 Å². The molecule has 0 heterocycles. The molecule has 152 valence electrons. The molecule has 0 fully saturated rings. The molecule has 0 aliphatic carbocycles. The molecule has 0 N–H and O–H groups in total. The van der Waals surface area contributed by atoms with Crippen LogP contribution in [0.25, 0.3) is 0 Å². The first kappa shape index (κ1) is 25.0. The van der Waals surface area contributed by atoms with Crippen LogP contribution in [0.3, 0.4) is 0 Å². The minimum Gasteiger partial charge on any atom is -0.469 e. The number of unbranched alkanes of at least 4 members (excludes halogenated alkanes) is 11. The first-order valence-electron chi connectivity index (χ1n) is 10.9. The molecule has 0 spiro atoms. The Balaban J connectivity index is 3.98. The fourth-order valence-corrected chi connectivity index (χ4v) is 2.84. The van der Waals surface area contributed by atoms with Crippen molar-refractivity contribution in [3.63, 3.8) is 0 Å². The summed E-state index contributed by atoms with van der Waals surface area (Å²) in [6.07, 6.45) is 17.0. The monoisotopic (exact) mass is 366 g/mol. The third-order valence-electron chi connectivity index (χ3n) is 4.57. The molecule has 0 bridgehead atoms. The number of ether oxygens (including phenoxy) is 2. The second kappa shape index (κ2) is 20.3. The summed E-state index contributed by atoms with van der Waals surface area (Å²) < 4.78 is 10.7. The molecule has 0 aromatic rings. The van der Waals surface area contributed by atoms with Gasteiger partial charge < -0.3 is 9.47 Å². The van der Waals surface area contributed by atoms with Gasteiger partial charge in [0.05, 0.1) is 7.11 Å². The van der Waals surface area contributed by atoms with Gasteiger partial charge in [-0.3, -0.25) is 4.79 Å². The van der Waals surface area contributed by atoms with Crippen molar-refractivity contribution in [2.45, 2.75) is 116 Å². The van der Waals surface area contributed by atoms with Crippen molar-refractivity contribution in [3.8, 4) is 11.8 Å². The lowest BCUT2D eigenvalue weighted by Gasteiger charge is -2.12. The average molecular weight is 367 g/mol. The summed E-state index contributed by atoms with van der Waals surface area (Å²) in [6.45, 7) is 5.22. The zero-order chi connectivity index (χ0) is 19.3. The van der Waals surface area contributed by atoms with Gasteiger partial charge >= 0.3 is 5.97 Å². The maximum Gasteiger partial charge on any atom is 0.305 e. The van der Waals surface area contributed by atoms with Gasteiger partial charge in [0.15, 0.2) is 0 Å². The average Bonchev–Trinajstić information content (AvgIpc) is 2.66. The Morgan fingerprint density at radius 1 is 0.846 bits per heavy atom. The van der Waals surface area contributed by atoms with E-state index in [-0.39, 0.29) is 12.1 Å². The largest absolute Gasteiger partial charge is 0.469 e. The Morgan fingerprint density at radius 2 is 1.42 bits per heavy atom. The van der Waals surface area contributed by atoms with Crippen LogP contribution in [-0.4, -0.2) is 25.8 Å². The van der Waals surface area contributed by atoms with E-state index in [2.05, 4.69) is 25.7 Å². The molecular formula is C23H42O3. The SMILES string of the molecule is CCCCCCCCC#C[C@@H](CCC(=O)OC)OCCCCCCCC. The highest BCUT2D eigenvalue weighted by atomic mass is 16.5. The minimum atomic E-state index is -0.184. The van der Waals surface area contributed by atoms with Crippen LogP contribution in [-0.2, 0) is 14.3 Å². The van der Waals surface area contributed by atoms with Crippen molar-refractivity contribution in [2.75, 3.05) is 13.7 Å². The molecule has 0 aliphatic rings. The van der Waals surface area contributed by atoms with E-state index >= 15 is 0 Å². The highest BCUT2D eigenvalue weighted by molar-refractivity contribution is 5.69. The van der Waals surface area contributed by atoms with Gasteiger partial charge in [-0.05, 0) is 19.3 Å². The summed E-state index contributed by atoms with van der Waals surface area (Å²) in [5, 5.41) is 0. The highest BCUT2D eigenvalue weighted by Crippen LogP contribution is 2.09. The quantitative estimate of drug-likeness (QED) is 0.169. The molecule has 0 saturated heterocycles. The van der Waals surface area contributed by atoms with Gasteiger partial charge in [-0.1, -0.05) is 84.0 Å². The molecular weight excluding hydrogens is 324 g/mol. The highest BCUT2D eigenvalue weighted by Gasteiger charge is 2.09. The number of esters is 1. The smallest absolute Gasteiger partial charge is 0.305 e. The summed E-state index contributed by atoms with van der Waals surface area (Å²) in [7, 11) is 1.43. The molecule has 0 saturated carbocycles. The summed E-state index contributed by atoms with van der Waals surface area (Å²) >= 11 is 0.